The van der Waals surface area contributed by atoms with Crippen LogP contribution in [-0.4, -0.2) is 6.10 Å². The van der Waals surface area contributed by atoms with E-state index in [1.165, 1.54) is 0 Å². The summed E-state index contributed by atoms with van der Waals surface area (Å²) in [6, 6.07) is 9.53. The minimum atomic E-state index is -0.711. The molecule has 1 nitrogen and oxygen atoms in total. The second kappa shape index (κ2) is 3.35. The summed E-state index contributed by atoms with van der Waals surface area (Å²) in [6.45, 7) is 5.32. The first-order chi connectivity index (χ1) is 5.22. The van der Waals surface area contributed by atoms with Crippen LogP contribution in [0.2, 0.25) is 0 Å². The molecular weight excluding hydrogens is 136 g/mol. The molecule has 0 aliphatic heterocycles. The van der Waals surface area contributed by atoms with Crippen molar-refractivity contribution in [2.45, 2.75) is 13.0 Å². The molecule has 1 unspecified atom stereocenters. The summed E-state index contributed by atoms with van der Waals surface area (Å²) in [6.07, 6.45) is -0.711. The van der Waals surface area contributed by atoms with Crippen LogP contribution in [0.5, 0.6) is 0 Å². The lowest BCUT2D eigenvalue weighted by Crippen LogP contribution is -1.99. The normalized spacial score (nSPS) is 12.5. The molecule has 0 spiro atoms. The summed E-state index contributed by atoms with van der Waals surface area (Å²) in [5, 5.41) is 10.9. The van der Waals surface area contributed by atoms with E-state index in [0.29, 0.717) is 5.57 Å². The average Bonchev–Trinajstić information content (AvgIpc) is 2.05. The highest BCUT2D eigenvalue weighted by Crippen LogP contribution is 2.15. The fraction of sp³-hybridized carbons (Fsp3) is 0.200. The minimum Gasteiger partial charge on any atom is -0.228 e. The smallest absolute Gasteiger partial charge is 0.115 e. The van der Waals surface area contributed by atoms with Crippen LogP contribution < -0.4 is 0 Å². The second-order valence-corrected chi connectivity index (χ2v) is 2.53. The lowest BCUT2D eigenvalue weighted by molar-refractivity contribution is 0.155. The molecule has 0 saturated heterocycles. The van der Waals surface area contributed by atoms with Gasteiger partial charge in [-0.1, -0.05) is 36.9 Å². The van der Waals surface area contributed by atoms with Crippen LogP contribution >= 0.6 is 0 Å². The number of benzene rings is 1. The van der Waals surface area contributed by atoms with Gasteiger partial charge >= 0.3 is 0 Å². The van der Waals surface area contributed by atoms with Gasteiger partial charge in [-0.2, -0.15) is 0 Å². The summed E-state index contributed by atoms with van der Waals surface area (Å²) in [5.41, 5.74) is 1.60. The highest BCUT2D eigenvalue weighted by atomic mass is 16.3. The van der Waals surface area contributed by atoms with Crippen molar-refractivity contribution in [3.05, 3.63) is 42.5 Å². The minimum absolute atomic E-state index is 0.658. The molecule has 11 heavy (non-hydrogen) atoms. The molecule has 1 rings (SSSR count). The zero-order chi connectivity index (χ0) is 8.27. The monoisotopic (exact) mass is 147 g/mol. The highest BCUT2D eigenvalue weighted by Gasteiger charge is 2.04. The van der Waals surface area contributed by atoms with E-state index < -0.39 is 6.10 Å². The van der Waals surface area contributed by atoms with Gasteiger partial charge in [-0.3, -0.25) is 0 Å². The summed E-state index contributed by atoms with van der Waals surface area (Å²) >= 11 is 0. The van der Waals surface area contributed by atoms with E-state index in [0.717, 1.165) is 5.56 Å². The van der Waals surface area contributed by atoms with Gasteiger partial charge in [-0.25, -0.2) is 5.11 Å². The second-order valence-electron chi connectivity index (χ2n) is 2.53. The molecule has 0 aliphatic carbocycles. The third-order valence-corrected chi connectivity index (χ3v) is 1.64. The molecule has 0 amide bonds. The summed E-state index contributed by atoms with van der Waals surface area (Å²) in [5.74, 6) is 0. The predicted molar refractivity (Wildman–Crippen MR) is 45.6 cm³/mol. The average molecular weight is 147 g/mol. The van der Waals surface area contributed by atoms with Crippen LogP contribution in [0.25, 0.3) is 5.57 Å². The van der Waals surface area contributed by atoms with Gasteiger partial charge in [0.25, 0.3) is 0 Å². The van der Waals surface area contributed by atoms with Crippen molar-refractivity contribution >= 4 is 5.57 Å². The lowest BCUT2D eigenvalue weighted by Gasteiger charge is -2.05. The molecule has 1 aromatic rings. The maximum absolute atomic E-state index is 10.9. The Balaban J connectivity index is 2.86. The van der Waals surface area contributed by atoms with Crippen molar-refractivity contribution in [2.75, 3.05) is 0 Å². The van der Waals surface area contributed by atoms with Crippen molar-refractivity contribution in [2.24, 2.45) is 0 Å². The molecule has 1 radical (unpaired) electrons. The molecule has 0 fully saturated rings. The van der Waals surface area contributed by atoms with E-state index in [1.807, 2.05) is 30.3 Å². The van der Waals surface area contributed by atoms with Crippen LogP contribution in [0.1, 0.15) is 12.5 Å². The van der Waals surface area contributed by atoms with Gasteiger partial charge in [0.15, 0.2) is 0 Å². The van der Waals surface area contributed by atoms with Gasteiger partial charge in [0.05, 0.1) is 0 Å². The fourth-order valence-electron chi connectivity index (χ4n) is 0.887. The Kier molecular flexibility index (Phi) is 2.44. The molecule has 1 aromatic carbocycles. The van der Waals surface area contributed by atoms with E-state index in [2.05, 4.69) is 6.58 Å². The molecular formula is C10H11O. The molecule has 0 bridgehead atoms. The van der Waals surface area contributed by atoms with Crippen molar-refractivity contribution in [3.8, 4) is 0 Å². The Morgan fingerprint density at radius 2 is 1.91 bits per heavy atom. The zero-order valence-electron chi connectivity index (χ0n) is 6.58. The molecule has 0 aromatic heterocycles. The van der Waals surface area contributed by atoms with Gasteiger partial charge in [0.2, 0.25) is 0 Å². The Labute approximate surface area is 67.0 Å². The Morgan fingerprint density at radius 1 is 1.36 bits per heavy atom. The van der Waals surface area contributed by atoms with Crippen molar-refractivity contribution in [3.63, 3.8) is 0 Å². The number of hydrogen-bond acceptors (Lipinski definition) is 0. The number of hydrogen-bond donors (Lipinski definition) is 0. The van der Waals surface area contributed by atoms with Crippen molar-refractivity contribution in [1.82, 2.24) is 0 Å². The van der Waals surface area contributed by atoms with Gasteiger partial charge in [0.1, 0.15) is 6.10 Å². The van der Waals surface area contributed by atoms with Gasteiger partial charge in [-0.15, -0.1) is 0 Å². The van der Waals surface area contributed by atoms with Crippen LogP contribution in [0.3, 0.4) is 0 Å². The van der Waals surface area contributed by atoms with E-state index in [9.17, 15) is 5.11 Å². The highest BCUT2D eigenvalue weighted by molar-refractivity contribution is 5.65. The number of rotatable bonds is 2. The fourth-order valence-corrected chi connectivity index (χ4v) is 0.887. The van der Waals surface area contributed by atoms with Crippen LogP contribution in [0, 0.1) is 0 Å². The van der Waals surface area contributed by atoms with E-state index in [1.54, 1.807) is 6.92 Å². The van der Waals surface area contributed by atoms with Crippen LogP contribution in [0.4, 0.5) is 0 Å². The molecule has 0 saturated carbocycles. The zero-order valence-corrected chi connectivity index (χ0v) is 6.58. The Bertz CT molecular complexity index is 236. The van der Waals surface area contributed by atoms with Crippen LogP contribution in [0.15, 0.2) is 36.9 Å². The molecule has 0 aliphatic rings. The van der Waals surface area contributed by atoms with Gasteiger partial charge in [-0.05, 0) is 18.1 Å². The van der Waals surface area contributed by atoms with Crippen molar-refractivity contribution < 1.29 is 5.11 Å². The topological polar surface area (TPSA) is 19.9 Å². The molecule has 57 valence electrons. The first-order valence-corrected chi connectivity index (χ1v) is 3.62. The third kappa shape index (κ3) is 1.92. The summed E-state index contributed by atoms with van der Waals surface area (Å²) < 4.78 is 0. The summed E-state index contributed by atoms with van der Waals surface area (Å²) in [7, 11) is 0. The first kappa shape index (κ1) is 8.02. The molecule has 1 heteroatoms. The van der Waals surface area contributed by atoms with Crippen molar-refractivity contribution in [1.29, 1.82) is 0 Å². The SMILES string of the molecule is C=C(c1ccccc1)C(C)[O]. The molecule has 0 N–H and O–H groups in total. The Morgan fingerprint density at radius 3 is 2.36 bits per heavy atom. The molecule has 1 atom stereocenters. The Hall–Kier alpha value is -1.08. The largest absolute Gasteiger partial charge is 0.228 e. The predicted octanol–water partition coefficient (Wildman–Crippen LogP) is 2.52. The molecule has 0 heterocycles. The van der Waals surface area contributed by atoms with E-state index >= 15 is 0 Å². The quantitative estimate of drug-likeness (QED) is 0.612. The van der Waals surface area contributed by atoms with Crippen LogP contribution in [-0.2, 0) is 5.11 Å². The maximum atomic E-state index is 10.9. The first-order valence-electron chi connectivity index (χ1n) is 3.62. The van der Waals surface area contributed by atoms with Gasteiger partial charge < -0.3 is 0 Å². The maximum Gasteiger partial charge on any atom is 0.115 e. The standard InChI is InChI=1S/C10H11O/c1-8(9(2)11)10-6-4-3-5-7-10/h3-7,9H,1H2,2H3. The van der Waals surface area contributed by atoms with E-state index in [4.69, 9.17) is 0 Å². The third-order valence-electron chi connectivity index (χ3n) is 1.64. The van der Waals surface area contributed by atoms with E-state index in [-0.39, 0.29) is 0 Å². The summed E-state index contributed by atoms with van der Waals surface area (Å²) in [4.78, 5) is 0. The van der Waals surface area contributed by atoms with Gasteiger partial charge in [0, 0.05) is 0 Å². The lowest BCUT2D eigenvalue weighted by atomic mass is 10.0.